The minimum atomic E-state index is -1.20. The third-order valence-electron chi connectivity index (χ3n) is 13.5. The molecule has 4 saturated heterocycles. The van der Waals surface area contributed by atoms with Gasteiger partial charge in [-0.3, -0.25) is 29.2 Å². The number of carboxylic acid groups (broad SMARTS) is 1. The van der Waals surface area contributed by atoms with Crippen molar-refractivity contribution in [1.82, 2.24) is 49.5 Å². The number of anilines is 3. The molecular formula is C48H51FN14O6. The molecule has 4 fully saturated rings. The molecule has 0 spiro atoms. The molecule has 4 aliphatic rings. The summed E-state index contributed by atoms with van der Waals surface area (Å²) in [6, 6.07) is 12.2. The molecule has 4 aliphatic heterocycles. The molecule has 0 radical (unpaired) electrons. The molecule has 3 amide bonds. The molecule has 6 aromatic rings. The normalized spacial score (nSPS) is 18.8. The molecule has 1 atom stereocenters. The van der Waals surface area contributed by atoms with Crippen LogP contribution in [0.15, 0.2) is 79.8 Å². The molecule has 21 heteroatoms. The Labute approximate surface area is 395 Å². The molecule has 0 saturated carbocycles. The number of hydrogen-bond acceptors (Lipinski definition) is 15. The van der Waals surface area contributed by atoms with E-state index in [1.54, 1.807) is 53.8 Å². The summed E-state index contributed by atoms with van der Waals surface area (Å²) in [4.78, 5) is 70.3. The largest absolute Gasteiger partial charge is 0.483 e. The van der Waals surface area contributed by atoms with E-state index in [1.165, 1.54) is 6.07 Å². The first-order chi connectivity index (χ1) is 33.5. The maximum absolute atomic E-state index is 15.3. The second kappa shape index (κ2) is 20.2. The fraction of sp³-hybridized carbons (Fsp3) is 0.396. The van der Waals surface area contributed by atoms with E-state index < -0.39 is 23.4 Å². The van der Waals surface area contributed by atoms with Gasteiger partial charge in [0.15, 0.2) is 0 Å². The Morgan fingerprint density at radius 1 is 0.913 bits per heavy atom. The summed E-state index contributed by atoms with van der Waals surface area (Å²) in [5.74, 6) is 0.777. The van der Waals surface area contributed by atoms with Crippen LogP contribution in [0, 0.1) is 17.1 Å². The fourth-order valence-corrected chi connectivity index (χ4v) is 9.71. The van der Waals surface area contributed by atoms with Crippen LogP contribution in [-0.2, 0) is 19.2 Å². The van der Waals surface area contributed by atoms with Crippen molar-refractivity contribution in [2.45, 2.75) is 81.4 Å². The van der Waals surface area contributed by atoms with Gasteiger partial charge in [0, 0.05) is 93.2 Å². The highest BCUT2D eigenvalue weighted by Crippen LogP contribution is 2.35. The lowest BCUT2D eigenvalue weighted by molar-refractivity contribution is -0.139. The second-order valence-corrected chi connectivity index (χ2v) is 17.8. The van der Waals surface area contributed by atoms with E-state index in [-0.39, 0.29) is 37.2 Å². The molecule has 0 bridgehead atoms. The van der Waals surface area contributed by atoms with Crippen LogP contribution in [0.5, 0.6) is 0 Å². The Morgan fingerprint density at radius 3 is 2.35 bits per heavy atom. The topological polar surface area (TPSA) is 253 Å². The number of halogens is 1. The molecule has 69 heavy (non-hydrogen) atoms. The number of rotatable bonds is 10. The van der Waals surface area contributed by atoms with E-state index in [1.807, 2.05) is 38.9 Å². The minimum Gasteiger partial charge on any atom is -0.483 e. The molecule has 356 valence electrons. The minimum absolute atomic E-state index is 0.00629. The number of amides is 3. The number of pyridine rings is 1. The van der Waals surface area contributed by atoms with E-state index >= 15 is 4.39 Å². The van der Waals surface area contributed by atoms with Crippen molar-refractivity contribution in [1.29, 1.82) is 5.26 Å². The van der Waals surface area contributed by atoms with Crippen LogP contribution in [-0.4, -0.2) is 130 Å². The van der Waals surface area contributed by atoms with E-state index in [0.717, 1.165) is 48.7 Å². The zero-order valence-corrected chi connectivity index (χ0v) is 37.7. The zero-order chi connectivity index (χ0) is 48.1. The third-order valence-corrected chi connectivity index (χ3v) is 13.5. The second-order valence-electron chi connectivity index (χ2n) is 17.8. The van der Waals surface area contributed by atoms with Crippen LogP contribution in [0.3, 0.4) is 0 Å². The van der Waals surface area contributed by atoms with Crippen molar-refractivity contribution in [3.8, 4) is 28.6 Å². The summed E-state index contributed by atoms with van der Waals surface area (Å²) in [5, 5.41) is 42.9. The molecule has 9 heterocycles. The monoisotopic (exact) mass is 938 g/mol. The number of hydrogen-bond donors (Lipinski definition) is 4. The number of nitrogens with one attached hydrogen (secondary N) is 2. The Balaban J connectivity index is 0.00000193. The number of aliphatic hydroxyl groups is 1. The number of carbonyl (C=O) groups excluding carboxylic acids is 3. The number of likely N-dealkylation sites (tertiary alicyclic amines) is 1. The van der Waals surface area contributed by atoms with E-state index in [9.17, 15) is 24.8 Å². The number of aromatic nitrogens is 8. The predicted octanol–water partition coefficient (Wildman–Crippen LogP) is 4.34. The maximum atomic E-state index is 15.3. The average molecular weight is 939 g/mol. The zero-order valence-electron chi connectivity index (χ0n) is 37.7. The molecule has 0 aliphatic carbocycles. The van der Waals surface area contributed by atoms with Gasteiger partial charge in [-0.05, 0) is 81.3 Å². The van der Waals surface area contributed by atoms with Gasteiger partial charge >= 0.3 is 0 Å². The van der Waals surface area contributed by atoms with E-state index in [4.69, 9.17) is 25.0 Å². The Morgan fingerprint density at radius 2 is 1.67 bits per heavy atom. The summed E-state index contributed by atoms with van der Waals surface area (Å²) in [7, 11) is 0. The quantitative estimate of drug-likeness (QED) is 0.110. The SMILES string of the molecule is N#Cc1cnn2cc(-c3cnn(C4CCN(C(=O)CC5(O)CCN(c6ccc(NC7CCC(=O)NC7=O)cc6F)CC5)CC4)c3)nc(-c3ccc(N4CCC(c5ncccn5)CC4)nc3)c12.O=CO. The Kier molecular flexibility index (Phi) is 13.5. The average Bonchev–Trinajstić information content (AvgIpc) is 4.04. The summed E-state index contributed by atoms with van der Waals surface area (Å²) in [6.45, 7) is 3.23. The van der Waals surface area contributed by atoms with Gasteiger partial charge in [-0.1, -0.05) is 0 Å². The highest BCUT2D eigenvalue weighted by molar-refractivity contribution is 6.01. The molecule has 4 N–H and O–H groups in total. The van der Waals surface area contributed by atoms with Gasteiger partial charge < -0.3 is 30.2 Å². The van der Waals surface area contributed by atoms with Crippen LogP contribution in [0.25, 0.3) is 28.0 Å². The third kappa shape index (κ3) is 10.2. The standard InChI is InChI=1S/C47H49FN14O4.CH2O2/c48-36-22-34(55-37-4-7-41(63)57-46(37)65)3-5-39(36)58-20-12-47(66,13-21-58)23-42(64)60-18-10-35(11-19-60)61-28-33(27-53-61)38-29-62-44(32(24-49)26-54-62)43(56-38)31-2-6-40(52-25-31)59-16-8-30(9-17-59)45-50-14-1-15-51-45;2-1-3/h1-3,5-6,14-15,22,25-30,35,37,55,66H,4,7-13,16-21,23H2,(H,57,63,65);1H,(H,2,3). The number of imide groups is 1. The van der Waals surface area contributed by atoms with Crippen LogP contribution in [0.4, 0.5) is 21.6 Å². The summed E-state index contributed by atoms with van der Waals surface area (Å²) in [6.07, 6.45) is 16.9. The molecule has 10 rings (SSSR count). The highest BCUT2D eigenvalue weighted by atomic mass is 19.1. The summed E-state index contributed by atoms with van der Waals surface area (Å²) < 4.78 is 18.9. The lowest BCUT2D eigenvalue weighted by Gasteiger charge is -2.40. The first-order valence-electron chi connectivity index (χ1n) is 23.1. The van der Waals surface area contributed by atoms with Crippen molar-refractivity contribution in [3.63, 3.8) is 0 Å². The Hall–Kier alpha value is -7.86. The number of carbonyl (C=O) groups is 4. The van der Waals surface area contributed by atoms with E-state index in [0.29, 0.717) is 98.0 Å². The molecule has 1 aromatic carbocycles. The van der Waals surface area contributed by atoms with Crippen molar-refractivity contribution >= 4 is 46.9 Å². The van der Waals surface area contributed by atoms with Gasteiger partial charge in [-0.15, -0.1) is 0 Å². The van der Waals surface area contributed by atoms with Crippen LogP contribution in [0.2, 0.25) is 0 Å². The molecule has 1 unspecified atom stereocenters. The number of nitrogens with zero attached hydrogens (tertiary/aromatic N) is 12. The van der Waals surface area contributed by atoms with Crippen molar-refractivity contribution in [2.75, 3.05) is 54.4 Å². The molecule has 20 nitrogen and oxygen atoms in total. The van der Waals surface area contributed by atoms with Crippen molar-refractivity contribution < 1.29 is 33.8 Å². The lowest BCUT2D eigenvalue weighted by atomic mass is 9.87. The molecular weight excluding hydrogens is 888 g/mol. The van der Waals surface area contributed by atoms with Crippen LogP contribution in [0.1, 0.15) is 81.1 Å². The lowest BCUT2D eigenvalue weighted by Crippen LogP contribution is -2.49. The first-order valence-corrected chi connectivity index (χ1v) is 23.1. The smallest absolute Gasteiger partial charge is 0.290 e. The van der Waals surface area contributed by atoms with Gasteiger partial charge in [0.2, 0.25) is 17.7 Å². The fourth-order valence-electron chi connectivity index (χ4n) is 9.71. The van der Waals surface area contributed by atoms with Gasteiger partial charge in [0.25, 0.3) is 6.47 Å². The van der Waals surface area contributed by atoms with Gasteiger partial charge in [0.1, 0.15) is 40.7 Å². The maximum Gasteiger partial charge on any atom is 0.290 e. The highest BCUT2D eigenvalue weighted by Gasteiger charge is 2.37. The molecule has 5 aromatic heterocycles. The van der Waals surface area contributed by atoms with Crippen molar-refractivity contribution in [2.24, 2.45) is 0 Å². The van der Waals surface area contributed by atoms with E-state index in [2.05, 4.69) is 36.7 Å². The summed E-state index contributed by atoms with van der Waals surface area (Å²) >= 11 is 0. The van der Waals surface area contributed by atoms with Crippen molar-refractivity contribution in [3.05, 3.63) is 97.0 Å². The number of nitriles is 1. The summed E-state index contributed by atoms with van der Waals surface area (Å²) in [5.41, 5.74) is 3.41. The van der Waals surface area contributed by atoms with Gasteiger partial charge in [0.05, 0.1) is 53.7 Å². The predicted molar refractivity (Wildman–Crippen MR) is 249 cm³/mol. The van der Waals surface area contributed by atoms with Crippen LogP contribution >= 0.6 is 0 Å². The van der Waals surface area contributed by atoms with Gasteiger partial charge in [-0.2, -0.15) is 15.5 Å². The Bertz CT molecular complexity index is 2860. The number of piperidine rings is 4. The number of fused-ring (bicyclic) bond motifs is 1. The van der Waals surface area contributed by atoms with Crippen LogP contribution < -0.4 is 20.4 Å². The first kappa shape index (κ1) is 46.3. The number of benzene rings is 1. The van der Waals surface area contributed by atoms with Gasteiger partial charge in [-0.25, -0.2) is 28.8 Å².